The Balaban J connectivity index is 1.80. The van der Waals surface area contributed by atoms with Crippen molar-refractivity contribution in [3.8, 4) is 0 Å². The average molecular weight is 247 g/mol. The van der Waals surface area contributed by atoms with Gasteiger partial charge in [-0.2, -0.15) is 0 Å². The molecule has 1 heterocycles. The molecule has 1 aliphatic heterocycles. The molecular formula is C15H25N3. The molecule has 2 atom stereocenters. The second-order valence-electron chi connectivity index (χ2n) is 6.25. The first-order chi connectivity index (χ1) is 8.57. The molecule has 1 fully saturated rings. The van der Waals surface area contributed by atoms with Gasteiger partial charge in [-0.25, -0.2) is 0 Å². The predicted molar refractivity (Wildman–Crippen MR) is 76.0 cm³/mol. The molecule has 3 heteroatoms. The van der Waals surface area contributed by atoms with Crippen molar-refractivity contribution in [3.05, 3.63) is 35.9 Å². The van der Waals surface area contributed by atoms with Crippen LogP contribution in [0.3, 0.4) is 0 Å². The van der Waals surface area contributed by atoms with Gasteiger partial charge in [0.25, 0.3) is 0 Å². The van der Waals surface area contributed by atoms with E-state index in [1.54, 1.807) is 0 Å². The van der Waals surface area contributed by atoms with Gasteiger partial charge in [-0.1, -0.05) is 51.1 Å². The normalized spacial score (nSPS) is 24.4. The van der Waals surface area contributed by atoms with Gasteiger partial charge in [-0.15, -0.1) is 0 Å². The molecular weight excluding hydrogens is 222 g/mol. The van der Waals surface area contributed by atoms with E-state index in [1.807, 2.05) is 0 Å². The van der Waals surface area contributed by atoms with Crippen molar-refractivity contribution < 1.29 is 0 Å². The van der Waals surface area contributed by atoms with Crippen molar-refractivity contribution >= 4 is 0 Å². The number of hydrogen-bond acceptors (Lipinski definition) is 3. The molecule has 2 rings (SSSR count). The van der Waals surface area contributed by atoms with Gasteiger partial charge >= 0.3 is 0 Å². The predicted octanol–water partition coefficient (Wildman–Crippen LogP) is 1.91. The maximum absolute atomic E-state index is 3.57. The van der Waals surface area contributed by atoms with Crippen molar-refractivity contribution in [2.24, 2.45) is 11.3 Å². The highest BCUT2D eigenvalue weighted by atomic mass is 15.4. The molecule has 2 unspecified atom stereocenters. The second-order valence-corrected chi connectivity index (χ2v) is 6.25. The maximum Gasteiger partial charge on any atom is 0.0314 e. The molecule has 0 aliphatic carbocycles. The molecule has 1 saturated heterocycles. The van der Waals surface area contributed by atoms with Gasteiger partial charge in [-0.05, 0) is 11.0 Å². The summed E-state index contributed by atoms with van der Waals surface area (Å²) in [6.45, 7) is 9.93. The van der Waals surface area contributed by atoms with E-state index in [9.17, 15) is 0 Å². The zero-order valence-corrected chi connectivity index (χ0v) is 11.7. The zero-order valence-electron chi connectivity index (χ0n) is 11.7. The van der Waals surface area contributed by atoms with Crippen LogP contribution in [-0.4, -0.2) is 19.1 Å². The van der Waals surface area contributed by atoms with Crippen LogP contribution in [0.5, 0.6) is 0 Å². The summed E-state index contributed by atoms with van der Waals surface area (Å²) >= 11 is 0. The van der Waals surface area contributed by atoms with Crippen LogP contribution in [0.25, 0.3) is 0 Å². The minimum atomic E-state index is 0.294. The second kappa shape index (κ2) is 5.83. The summed E-state index contributed by atoms with van der Waals surface area (Å²) < 4.78 is 0. The first kappa shape index (κ1) is 13.5. The van der Waals surface area contributed by atoms with E-state index in [0.717, 1.165) is 19.6 Å². The lowest BCUT2D eigenvalue weighted by Crippen LogP contribution is -2.44. The van der Waals surface area contributed by atoms with E-state index >= 15 is 0 Å². The Morgan fingerprint density at radius 3 is 2.61 bits per heavy atom. The highest BCUT2D eigenvalue weighted by Gasteiger charge is 2.35. The summed E-state index contributed by atoms with van der Waals surface area (Å²) in [6.07, 6.45) is 0. The Bertz CT molecular complexity index is 356. The van der Waals surface area contributed by atoms with Crippen LogP contribution >= 0.6 is 0 Å². The molecule has 1 aromatic rings. The zero-order chi connectivity index (χ0) is 13.0. The van der Waals surface area contributed by atoms with Crippen LogP contribution in [0.4, 0.5) is 0 Å². The molecule has 1 aliphatic rings. The quantitative estimate of drug-likeness (QED) is 0.761. The largest absolute Gasteiger partial charge is 0.312 e. The summed E-state index contributed by atoms with van der Waals surface area (Å²) in [4.78, 5) is 0. The molecule has 0 saturated carbocycles. The van der Waals surface area contributed by atoms with Crippen LogP contribution in [0.15, 0.2) is 30.3 Å². The summed E-state index contributed by atoms with van der Waals surface area (Å²) in [5.74, 6) is 0.647. The van der Waals surface area contributed by atoms with Crippen molar-refractivity contribution in [2.45, 2.75) is 33.4 Å². The summed E-state index contributed by atoms with van der Waals surface area (Å²) in [7, 11) is 0. The number of nitrogens with one attached hydrogen (secondary N) is 3. The van der Waals surface area contributed by atoms with Crippen molar-refractivity contribution in [1.29, 1.82) is 0 Å². The first-order valence-electron chi connectivity index (χ1n) is 6.80. The van der Waals surface area contributed by atoms with Gasteiger partial charge in [0.2, 0.25) is 0 Å². The van der Waals surface area contributed by atoms with Crippen LogP contribution in [-0.2, 0) is 6.54 Å². The molecule has 18 heavy (non-hydrogen) atoms. The van der Waals surface area contributed by atoms with Gasteiger partial charge in [0.05, 0.1) is 0 Å². The molecule has 0 aromatic heterocycles. The number of hydrazine groups is 1. The molecule has 0 bridgehead atoms. The molecule has 3 nitrogen and oxygen atoms in total. The minimum absolute atomic E-state index is 0.294. The fourth-order valence-corrected chi connectivity index (χ4v) is 2.65. The number of hydrogen-bond donors (Lipinski definition) is 3. The van der Waals surface area contributed by atoms with Crippen LogP contribution in [0.1, 0.15) is 26.3 Å². The van der Waals surface area contributed by atoms with Gasteiger partial charge in [0, 0.05) is 31.6 Å². The highest BCUT2D eigenvalue weighted by Crippen LogP contribution is 2.26. The Labute approximate surface area is 110 Å². The van der Waals surface area contributed by atoms with E-state index in [4.69, 9.17) is 0 Å². The molecule has 0 amide bonds. The number of rotatable bonds is 4. The highest BCUT2D eigenvalue weighted by molar-refractivity contribution is 5.14. The lowest BCUT2D eigenvalue weighted by Gasteiger charge is -2.31. The van der Waals surface area contributed by atoms with Gasteiger partial charge in [0.1, 0.15) is 0 Å². The fourth-order valence-electron chi connectivity index (χ4n) is 2.65. The van der Waals surface area contributed by atoms with E-state index in [1.165, 1.54) is 5.56 Å². The van der Waals surface area contributed by atoms with Crippen LogP contribution in [0, 0.1) is 11.3 Å². The maximum atomic E-state index is 3.57. The summed E-state index contributed by atoms with van der Waals surface area (Å²) in [5, 5.41) is 3.57. The topological polar surface area (TPSA) is 36.1 Å². The Kier molecular flexibility index (Phi) is 4.38. The van der Waals surface area contributed by atoms with Gasteiger partial charge in [-0.3, -0.25) is 10.9 Å². The van der Waals surface area contributed by atoms with Crippen LogP contribution in [0.2, 0.25) is 0 Å². The SMILES string of the molecule is CC(C)(C)C1NNCC1CNCc1ccccc1. The summed E-state index contributed by atoms with van der Waals surface area (Å²) in [6, 6.07) is 11.1. The summed E-state index contributed by atoms with van der Waals surface area (Å²) in [5.41, 5.74) is 8.34. The number of benzene rings is 1. The van der Waals surface area contributed by atoms with Crippen LogP contribution < -0.4 is 16.2 Å². The van der Waals surface area contributed by atoms with E-state index in [2.05, 4.69) is 67.3 Å². The Morgan fingerprint density at radius 1 is 1.22 bits per heavy atom. The van der Waals surface area contributed by atoms with Gasteiger partial charge in [0.15, 0.2) is 0 Å². The molecule has 1 aromatic carbocycles. The smallest absolute Gasteiger partial charge is 0.0314 e. The molecule has 0 spiro atoms. The first-order valence-corrected chi connectivity index (χ1v) is 6.80. The van der Waals surface area contributed by atoms with Crippen molar-refractivity contribution in [3.63, 3.8) is 0 Å². The van der Waals surface area contributed by atoms with Gasteiger partial charge < -0.3 is 5.32 Å². The third-order valence-corrected chi connectivity index (χ3v) is 3.60. The lowest BCUT2D eigenvalue weighted by molar-refractivity contribution is 0.235. The molecule has 0 radical (unpaired) electrons. The Morgan fingerprint density at radius 2 is 1.94 bits per heavy atom. The van der Waals surface area contributed by atoms with Crippen molar-refractivity contribution in [1.82, 2.24) is 16.2 Å². The molecule has 3 N–H and O–H groups in total. The Hall–Kier alpha value is -0.900. The minimum Gasteiger partial charge on any atom is -0.312 e. The third kappa shape index (κ3) is 3.55. The van der Waals surface area contributed by atoms with E-state index in [0.29, 0.717) is 17.4 Å². The fraction of sp³-hybridized carbons (Fsp3) is 0.600. The lowest BCUT2D eigenvalue weighted by atomic mass is 9.80. The standard InChI is InChI=1S/C15H25N3/c1-15(2,3)14-13(11-17-18-14)10-16-9-12-7-5-4-6-8-12/h4-8,13-14,16-18H,9-11H2,1-3H3. The van der Waals surface area contributed by atoms with E-state index in [-0.39, 0.29) is 0 Å². The molecule has 100 valence electrons. The van der Waals surface area contributed by atoms with Crippen molar-refractivity contribution in [2.75, 3.05) is 13.1 Å². The monoisotopic (exact) mass is 247 g/mol. The van der Waals surface area contributed by atoms with E-state index < -0.39 is 0 Å². The third-order valence-electron chi connectivity index (χ3n) is 3.60. The average Bonchev–Trinajstić information content (AvgIpc) is 2.78.